The summed E-state index contributed by atoms with van der Waals surface area (Å²) in [7, 11) is 0. The summed E-state index contributed by atoms with van der Waals surface area (Å²) in [6, 6.07) is 10.3. The molecule has 3 heterocycles. The molecule has 3 aliphatic rings. The molecule has 33 heavy (non-hydrogen) atoms. The van der Waals surface area contributed by atoms with Crippen LogP contribution in [0.3, 0.4) is 0 Å². The Morgan fingerprint density at radius 2 is 2.09 bits per heavy atom. The standard InChI is InChI=1S/C24H27N7O2/c1-17-19(12-25)3-2-4-22(17)23-14-29-9-10-30(13-21(29)15-33-23)24(32)11-18-5-7-20(8-6-18)31-16-26-27-28-31/h2-8,16-17,21-23H,9-11,13-15H2,1H3/t17?,21-,22?,23+/m0/s1. The molecule has 0 N–H and O–H groups in total. The number of benzene rings is 1. The van der Waals surface area contributed by atoms with Crippen molar-refractivity contribution in [2.75, 3.05) is 32.8 Å². The minimum Gasteiger partial charge on any atom is -0.375 e. The Hall–Kier alpha value is -3.35. The van der Waals surface area contributed by atoms with Gasteiger partial charge >= 0.3 is 0 Å². The molecule has 9 nitrogen and oxygen atoms in total. The Morgan fingerprint density at radius 1 is 1.24 bits per heavy atom. The van der Waals surface area contributed by atoms with E-state index in [1.165, 1.54) is 0 Å². The maximum Gasteiger partial charge on any atom is 0.227 e. The Labute approximate surface area is 192 Å². The first-order chi connectivity index (χ1) is 16.1. The fourth-order valence-electron chi connectivity index (χ4n) is 5.00. The first-order valence-electron chi connectivity index (χ1n) is 11.4. The van der Waals surface area contributed by atoms with Crippen LogP contribution in [0.15, 0.2) is 54.4 Å². The van der Waals surface area contributed by atoms with Crippen LogP contribution in [0.5, 0.6) is 0 Å². The van der Waals surface area contributed by atoms with E-state index in [1.807, 2.05) is 41.3 Å². The van der Waals surface area contributed by atoms with Crippen LogP contribution in [0.25, 0.3) is 5.69 Å². The molecule has 2 fully saturated rings. The number of carbonyl (C=O) groups excluding carboxylic acids is 1. The Balaban J connectivity index is 1.15. The van der Waals surface area contributed by atoms with E-state index in [0.717, 1.165) is 36.5 Å². The Morgan fingerprint density at radius 3 is 2.85 bits per heavy atom. The fraction of sp³-hybridized carbons (Fsp3) is 0.458. The van der Waals surface area contributed by atoms with Gasteiger partial charge in [-0.1, -0.05) is 31.2 Å². The van der Waals surface area contributed by atoms with Crippen LogP contribution < -0.4 is 0 Å². The minimum atomic E-state index is 0.0745. The number of nitriles is 1. The van der Waals surface area contributed by atoms with Gasteiger partial charge in [0.25, 0.3) is 0 Å². The SMILES string of the molecule is CC1C(C#N)=CC=CC1[C@H]1CN2CCN(C(=O)Cc3ccc(-n4cnnn4)cc3)C[C@H]2CO1. The second-order valence-corrected chi connectivity index (χ2v) is 8.94. The van der Waals surface area contributed by atoms with Crippen LogP contribution in [-0.4, -0.2) is 80.8 Å². The number of rotatable bonds is 4. The number of aromatic nitrogens is 4. The molecule has 9 heteroatoms. The van der Waals surface area contributed by atoms with Crippen molar-refractivity contribution in [1.82, 2.24) is 30.0 Å². The third-order valence-electron chi connectivity index (χ3n) is 7.02. The van der Waals surface area contributed by atoms with Gasteiger partial charge in [-0.2, -0.15) is 5.26 Å². The normalized spacial score (nSPS) is 27.5. The molecule has 2 saturated heterocycles. The van der Waals surface area contributed by atoms with Crippen LogP contribution in [0.4, 0.5) is 0 Å². The number of morpholine rings is 1. The topological polar surface area (TPSA) is 100 Å². The molecule has 1 aromatic heterocycles. The molecule has 0 saturated carbocycles. The highest BCUT2D eigenvalue weighted by molar-refractivity contribution is 5.79. The van der Waals surface area contributed by atoms with Crippen molar-refractivity contribution in [3.8, 4) is 11.8 Å². The number of nitrogens with zero attached hydrogens (tertiary/aromatic N) is 7. The van der Waals surface area contributed by atoms with Gasteiger partial charge < -0.3 is 9.64 Å². The summed E-state index contributed by atoms with van der Waals surface area (Å²) in [5.41, 5.74) is 2.64. The molecule has 2 aromatic rings. The van der Waals surface area contributed by atoms with E-state index in [1.54, 1.807) is 11.0 Å². The van der Waals surface area contributed by atoms with E-state index in [-0.39, 0.29) is 29.9 Å². The van der Waals surface area contributed by atoms with Crippen molar-refractivity contribution >= 4 is 5.91 Å². The summed E-state index contributed by atoms with van der Waals surface area (Å²) in [6.07, 6.45) is 8.04. The Bertz CT molecular complexity index is 1090. The number of tetrazole rings is 1. The van der Waals surface area contributed by atoms with Crippen LogP contribution >= 0.6 is 0 Å². The van der Waals surface area contributed by atoms with Crippen molar-refractivity contribution in [1.29, 1.82) is 5.26 Å². The summed E-state index contributed by atoms with van der Waals surface area (Å²) < 4.78 is 7.84. The molecule has 0 radical (unpaired) electrons. The zero-order valence-electron chi connectivity index (χ0n) is 18.6. The van der Waals surface area contributed by atoms with Gasteiger partial charge in [0, 0.05) is 37.7 Å². The smallest absolute Gasteiger partial charge is 0.227 e. The van der Waals surface area contributed by atoms with E-state index < -0.39 is 0 Å². The molecule has 0 bridgehead atoms. The minimum absolute atomic E-state index is 0.0745. The van der Waals surface area contributed by atoms with Gasteiger partial charge in [-0.25, -0.2) is 4.68 Å². The highest BCUT2D eigenvalue weighted by atomic mass is 16.5. The van der Waals surface area contributed by atoms with E-state index in [2.05, 4.69) is 39.5 Å². The van der Waals surface area contributed by atoms with Crippen LogP contribution in [0.1, 0.15) is 12.5 Å². The summed E-state index contributed by atoms with van der Waals surface area (Å²) in [5, 5.41) is 20.5. The van der Waals surface area contributed by atoms with Crippen molar-refractivity contribution in [3.63, 3.8) is 0 Å². The van der Waals surface area contributed by atoms with Gasteiger partial charge in [0.2, 0.25) is 5.91 Å². The highest BCUT2D eigenvalue weighted by Gasteiger charge is 2.39. The van der Waals surface area contributed by atoms with Crippen molar-refractivity contribution in [3.05, 3.63) is 60.0 Å². The molecule has 0 spiro atoms. The van der Waals surface area contributed by atoms with Crippen LogP contribution in [0.2, 0.25) is 0 Å². The highest BCUT2D eigenvalue weighted by Crippen LogP contribution is 2.32. The molecule has 2 aliphatic heterocycles. The number of hydrogen-bond acceptors (Lipinski definition) is 7. The number of amides is 1. The largest absolute Gasteiger partial charge is 0.375 e. The average molecular weight is 446 g/mol. The molecular formula is C24H27N7O2. The average Bonchev–Trinajstić information content (AvgIpc) is 3.39. The van der Waals surface area contributed by atoms with Gasteiger partial charge in [0.05, 0.1) is 36.9 Å². The van der Waals surface area contributed by atoms with E-state index in [4.69, 9.17) is 4.74 Å². The maximum absolute atomic E-state index is 13.0. The molecule has 2 unspecified atom stereocenters. The first kappa shape index (κ1) is 21.5. The van der Waals surface area contributed by atoms with E-state index in [0.29, 0.717) is 19.6 Å². The lowest BCUT2D eigenvalue weighted by Crippen LogP contribution is -2.62. The number of ether oxygens (including phenoxy) is 1. The fourth-order valence-corrected chi connectivity index (χ4v) is 5.00. The molecule has 5 rings (SSSR count). The number of hydrogen-bond donors (Lipinski definition) is 0. The first-order valence-corrected chi connectivity index (χ1v) is 11.4. The second kappa shape index (κ2) is 9.25. The molecule has 4 atom stereocenters. The number of fused-ring (bicyclic) bond motifs is 1. The summed E-state index contributed by atoms with van der Waals surface area (Å²) in [5.74, 6) is 0.512. The van der Waals surface area contributed by atoms with E-state index in [9.17, 15) is 10.1 Å². The lowest BCUT2D eigenvalue weighted by atomic mass is 9.80. The maximum atomic E-state index is 13.0. The number of piperazine rings is 1. The molecule has 1 amide bonds. The van der Waals surface area contributed by atoms with Crippen LogP contribution in [-0.2, 0) is 16.0 Å². The lowest BCUT2D eigenvalue weighted by Gasteiger charge is -2.48. The van der Waals surface area contributed by atoms with Gasteiger partial charge in [0.15, 0.2) is 0 Å². The molecule has 1 aliphatic carbocycles. The number of carbonyl (C=O) groups is 1. The van der Waals surface area contributed by atoms with Crippen LogP contribution in [0, 0.1) is 23.2 Å². The zero-order chi connectivity index (χ0) is 22.8. The molecule has 1 aromatic carbocycles. The van der Waals surface area contributed by atoms with Gasteiger partial charge in [-0.15, -0.1) is 5.10 Å². The summed E-state index contributed by atoms with van der Waals surface area (Å²) >= 11 is 0. The summed E-state index contributed by atoms with van der Waals surface area (Å²) in [6.45, 7) is 5.81. The third-order valence-corrected chi connectivity index (χ3v) is 7.02. The summed E-state index contributed by atoms with van der Waals surface area (Å²) in [4.78, 5) is 17.4. The van der Waals surface area contributed by atoms with Crippen molar-refractivity contribution < 1.29 is 9.53 Å². The number of allylic oxidation sites excluding steroid dienone is 3. The monoisotopic (exact) mass is 445 g/mol. The quantitative estimate of drug-likeness (QED) is 0.701. The predicted octanol–water partition coefficient (Wildman–Crippen LogP) is 1.39. The zero-order valence-corrected chi connectivity index (χ0v) is 18.6. The van der Waals surface area contributed by atoms with Crippen molar-refractivity contribution in [2.45, 2.75) is 25.5 Å². The Kier molecular flexibility index (Phi) is 6.03. The van der Waals surface area contributed by atoms with Crippen molar-refractivity contribution in [2.24, 2.45) is 11.8 Å². The van der Waals surface area contributed by atoms with Gasteiger partial charge in [0.1, 0.15) is 6.33 Å². The third kappa shape index (κ3) is 4.45. The lowest BCUT2D eigenvalue weighted by molar-refractivity contribution is -0.141. The van der Waals surface area contributed by atoms with Gasteiger partial charge in [-0.05, 0) is 40.1 Å². The van der Waals surface area contributed by atoms with E-state index >= 15 is 0 Å². The second-order valence-electron chi connectivity index (χ2n) is 8.94. The van der Waals surface area contributed by atoms with Gasteiger partial charge in [-0.3, -0.25) is 9.69 Å². The predicted molar refractivity (Wildman–Crippen MR) is 120 cm³/mol. The molecule has 170 valence electrons. The molecular weight excluding hydrogens is 418 g/mol.